The largest absolute Gasteiger partial charge is 0.454 e. The minimum absolute atomic E-state index is 0.292. The highest BCUT2D eigenvalue weighted by molar-refractivity contribution is 6.15. The lowest BCUT2D eigenvalue weighted by molar-refractivity contribution is 0.174. The van der Waals surface area contributed by atoms with E-state index >= 15 is 0 Å². The number of rotatable bonds is 0. The molecule has 3 aromatic carbocycles. The number of pyridine rings is 1. The third kappa shape index (κ3) is 1.46. The molecule has 4 aromatic rings. The van der Waals surface area contributed by atoms with Crippen LogP contribution in [0.4, 0.5) is 0 Å². The van der Waals surface area contributed by atoms with Crippen molar-refractivity contribution in [2.75, 3.05) is 6.79 Å². The van der Waals surface area contributed by atoms with Gasteiger partial charge in [0.1, 0.15) is 0 Å². The zero-order valence-corrected chi connectivity index (χ0v) is 11.2. The maximum Gasteiger partial charge on any atom is 0.231 e. The van der Waals surface area contributed by atoms with E-state index in [0.717, 1.165) is 33.2 Å². The molecule has 0 atom stereocenters. The quantitative estimate of drug-likeness (QED) is 0.448. The number of hydrogen-bond acceptors (Lipinski definition) is 3. The molecule has 1 aliphatic rings. The van der Waals surface area contributed by atoms with E-state index in [4.69, 9.17) is 9.47 Å². The molecule has 0 bridgehead atoms. The van der Waals surface area contributed by atoms with Gasteiger partial charge in [-0.1, -0.05) is 36.4 Å². The Labute approximate surface area is 120 Å². The van der Waals surface area contributed by atoms with Crippen molar-refractivity contribution in [3.8, 4) is 11.5 Å². The number of hydrogen-bond donors (Lipinski definition) is 0. The molecule has 0 radical (unpaired) electrons. The molecule has 0 N–H and O–H groups in total. The van der Waals surface area contributed by atoms with Crippen LogP contribution < -0.4 is 9.47 Å². The Morgan fingerprint density at radius 1 is 0.762 bits per heavy atom. The van der Waals surface area contributed by atoms with Gasteiger partial charge < -0.3 is 9.47 Å². The molecule has 100 valence electrons. The van der Waals surface area contributed by atoms with E-state index in [2.05, 4.69) is 35.3 Å². The molecule has 2 heterocycles. The lowest BCUT2D eigenvalue weighted by Gasteiger charge is -2.07. The Balaban J connectivity index is 1.98. The van der Waals surface area contributed by atoms with Crippen LogP contribution in [0.25, 0.3) is 32.4 Å². The van der Waals surface area contributed by atoms with Crippen LogP contribution in [-0.4, -0.2) is 11.8 Å². The van der Waals surface area contributed by atoms with Gasteiger partial charge in [-0.05, 0) is 22.9 Å². The zero-order chi connectivity index (χ0) is 13.8. The molecule has 21 heavy (non-hydrogen) atoms. The lowest BCUT2D eigenvalue weighted by Crippen LogP contribution is -1.92. The number of fused-ring (bicyclic) bond motifs is 6. The summed E-state index contributed by atoms with van der Waals surface area (Å²) in [4.78, 5) is 4.67. The van der Waals surface area contributed by atoms with Gasteiger partial charge in [0.15, 0.2) is 11.5 Å². The van der Waals surface area contributed by atoms with Crippen molar-refractivity contribution in [1.82, 2.24) is 4.98 Å². The van der Waals surface area contributed by atoms with Gasteiger partial charge in [0, 0.05) is 22.4 Å². The summed E-state index contributed by atoms with van der Waals surface area (Å²) in [6.45, 7) is 0.292. The van der Waals surface area contributed by atoms with Crippen LogP contribution in [0.1, 0.15) is 0 Å². The molecule has 0 saturated heterocycles. The maximum absolute atomic E-state index is 5.49. The molecule has 0 fully saturated rings. The van der Waals surface area contributed by atoms with E-state index in [1.807, 2.05) is 24.4 Å². The van der Waals surface area contributed by atoms with Gasteiger partial charge in [0.2, 0.25) is 6.79 Å². The molecule has 5 rings (SSSR count). The summed E-state index contributed by atoms with van der Waals surface area (Å²) in [6, 6.07) is 16.6. The SMILES string of the molecule is c1ccc2c(c1)cnc1c3cc4c(cc3ccc21)OCO4. The number of nitrogens with zero attached hydrogens (tertiary/aromatic N) is 1. The van der Waals surface area contributed by atoms with Crippen LogP contribution in [-0.2, 0) is 0 Å². The number of aromatic nitrogens is 1. The first-order chi connectivity index (χ1) is 10.4. The monoisotopic (exact) mass is 273 g/mol. The van der Waals surface area contributed by atoms with Crippen molar-refractivity contribution in [2.45, 2.75) is 0 Å². The number of benzene rings is 3. The molecular formula is C18H11NO2. The maximum atomic E-state index is 5.49. The second kappa shape index (κ2) is 3.85. The van der Waals surface area contributed by atoms with Gasteiger partial charge in [-0.25, -0.2) is 0 Å². The first kappa shape index (κ1) is 10.9. The minimum atomic E-state index is 0.292. The van der Waals surface area contributed by atoms with Crippen molar-refractivity contribution in [3.63, 3.8) is 0 Å². The molecule has 0 spiro atoms. The average molecular weight is 273 g/mol. The highest BCUT2D eigenvalue weighted by atomic mass is 16.7. The molecule has 1 aliphatic heterocycles. The minimum Gasteiger partial charge on any atom is -0.454 e. The smallest absolute Gasteiger partial charge is 0.231 e. The summed E-state index contributed by atoms with van der Waals surface area (Å²) in [5, 5.41) is 5.77. The Hall–Kier alpha value is -2.81. The van der Waals surface area contributed by atoms with Crippen molar-refractivity contribution in [3.05, 3.63) is 54.7 Å². The molecule has 3 heteroatoms. The zero-order valence-electron chi connectivity index (χ0n) is 11.2. The third-order valence-electron chi connectivity index (χ3n) is 4.07. The molecule has 0 saturated carbocycles. The van der Waals surface area contributed by atoms with Crippen LogP contribution >= 0.6 is 0 Å². The van der Waals surface area contributed by atoms with Crippen molar-refractivity contribution in [2.24, 2.45) is 0 Å². The van der Waals surface area contributed by atoms with Crippen molar-refractivity contribution < 1.29 is 9.47 Å². The summed E-state index contributed by atoms with van der Waals surface area (Å²) in [5.41, 5.74) is 1.00. The van der Waals surface area contributed by atoms with Crippen LogP contribution in [0.5, 0.6) is 11.5 Å². The fraction of sp³-hybridized carbons (Fsp3) is 0.0556. The normalized spacial score (nSPS) is 13.3. The second-order valence-electron chi connectivity index (χ2n) is 5.23. The van der Waals surface area contributed by atoms with Crippen LogP contribution in [0.2, 0.25) is 0 Å². The second-order valence-corrected chi connectivity index (χ2v) is 5.23. The van der Waals surface area contributed by atoms with E-state index < -0.39 is 0 Å². The van der Waals surface area contributed by atoms with Gasteiger partial charge in [-0.3, -0.25) is 4.98 Å². The lowest BCUT2D eigenvalue weighted by atomic mass is 10.0. The van der Waals surface area contributed by atoms with Gasteiger partial charge in [0.05, 0.1) is 5.52 Å². The van der Waals surface area contributed by atoms with E-state index in [1.165, 1.54) is 10.8 Å². The first-order valence-electron chi connectivity index (χ1n) is 6.90. The summed E-state index contributed by atoms with van der Waals surface area (Å²) in [5.74, 6) is 1.60. The summed E-state index contributed by atoms with van der Waals surface area (Å²) in [6.07, 6.45) is 1.93. The summed E-state index contributed by atoms with van der Waals surface area (Å²) < 4.78 is 10.9. The molecule has 0 unspecified atom stereocenters. The predicted molar refractivity (Wildman–Crippen MR) is 82.9 cm³/mol. The Kier molecular flexibility index (Phi) is 2.00. The predicted octanol–water partition coefficient (Wildman–Crippen LogP) is 4.27. The fourth-order valence-corrected chi connectivity index (χ4v) is 3.04. The Morgan fingerprint density at radius 2 is 1.62 bits per heavy atom. The summed E-state index contributed by atoms with van der Waals surface area (Å²) >= 11 is 0. The van der Waals surface area contributed by atoms with E-state index in [0.29, 0.717) is 6.79 Å². The molecule has 3 nitrogen and oxygen atoms in total. The van der Waals surface area contributed by atoms with E-state index in [1.54, 1.807) is 0 Å². The van der Waals surface area contributed by atoms with Gasteiger partial charge in [-0.2, -0.15) is 0 Å². The average Bonchev–Trinajstić information content (AvgIpc) is 2.99. The third-order valence-corrected chi connectivity index (χ3v) is 4.07. The van der Waals surface area contributed by atoms with Crippen LogP contribution in [0.3, 0.4) is 0 Å². The Morgan fingerprint density at radius 3 is 2.57 bits per heavy atom. The first-order valence-corrected chi connectivity index (χ1v) is 6.90. The van der Waals surface area contributed by atoms with Gasteiger partial charge in [-0.15, -0.1) is 0 Å². The van der Waals surface area contributed by atoms with E-state index in [-0.39, 0.29) is 0 Å². The van der Waals surface area contributed by atoms with Gasteiger partial charge in [0.25, 0.3) is 0 Å². The number of ether oxygens (including phenoxy) is 2. The molecular weight excluding hydrogens is 262 g/mol. The highest BCUT2D eigenvalue weighted by Gasteiger charge is 2.16. The summed E-state index contributed by atoms with van der Waals surface area (Å²) in [7, 11) is 0. The van der Waals surface area contributed by atoms with Crippen molar-refractivity contribution >= 4 is 32.4 Å². The molecule has 0 amide bonds. The van der Waals surface area contributed by atoms with Gasteiger partial charge >= 0.3 is 0 Å². The highest BCUT2D eigenvalue weighted by Crippen LogP contribution is 2.39. The van der Waals surface area contributed by atoms with Crippen LogP contribution in [0.15, 0.2) is 54.7 Å². The van der Waals surface area contributed by atoms with Crippen molar-refractivity contribution in [1.29, 1.82) is 0 Å². The van der Waals surface area contributed by atoms with Crippen LogP contribution in [0, 0.1) is 0 Å². The standard InChI is InChI=1S/C18H11NO2/c1-2-4-13-12(3-1)9-19-18-14(13)6-5-11-7-16-17(8-15(11)18)21-10-20-16/h1-9H,10H2. The topological polar surface area (TPSA) is 31.4 Å². The Bertz CT molecular complexity index is 1020. The fourth-order valence-electron chi connectivity index (χ4n) is 3.04. The molecule has 0 aliphatic carbocycles. The molecule has 1 aromatic heterocycles. The van der Waals surface area contributed by atoms with E-state index in [9.17, 15) is 0 Å².